The topological polar surface area (TPSA) is 52.3 Å². The second kappa shape index (κ2) is 5.28. The SMILES string of the molecule is COC(=O)C[C@@H](N)c1ccc(C)cc1Br. The first kappa shape index (κ1) is 12.2. The molecular formula is C11H14BrNO2. The van der Waals surface area contributed by atoms with Crippen LogP contribution < -0.4 is 5.73 Å². The van der Waals surface area contributed by atoms with E-state index in [1.165, 1.54) is 7.11 Å². The normalized spacial score (nSPS) is 12.3. The van der Waals surface area contributed by atoms with Crippen LogP contribution in [0, 0.1) is 6.92 Å². The summed E-state index contributed by atoms with van der Waals surface area (Å²) in [6.45, 7) is 2.00. The number of aryl methyl sites for hydroxylation is 1. The van der Waals surface area contributed by atoms with Crippen molar-refractivity contribution in [1.82, 2.24) is 0 Å². The van der Waals surface area contributed by atoms with Crippen LogP contribution in [0.1, 0.15) is 23.6 Å². The summed E-state index contributed by atoms with van der Waals surface area (Å²) in [5, 5.41) is 0. The third kappa shape index (κ3) is 3.32. The second-order valence-corrected chi connectivity index (χ2v) is 4.27. The standard InChI is InChI=1S/C11H14BrNO2/c1-7-3-4-8(9(12)5-7)10(13)6-11(14)15-2/h3-5,10H,6,13H2,1-2H3/t10-/m1/s1. The Balaban J connectivity index is 2.82. The number of carbonyl (C=O) groups excluding carboxylic acids is 1. The van der Waals surface area contributed by atoms with Gasteiger partial charge in [0.15, 0.2) is 0 Å². The Bertz CT molecular complexity index is 366. The van der Waals surface area contributed by atoms with Crippen molar-refractivity contribution in [3.63, 3.8) is 0 Å². The van der Waals surface area contributed by atoms with Gasteiger partial charge in [-0.3, -0.25) is 4.79 Å². The van der Waals surface area contributed by atoms with Crippen LogP contribution in [0.3, 0.4) is 0 Å². The predicted octanol–water partition coefficient (Wildman–Crippen LogP) is 2.32. The summed E-state index contributed by atoms with van der Waals surface area (Å²) in [5.74, 6) is -0.296. The average Bonchev–Trinajstić information content (AvgIpc) is 2.17. The zero-order chi connectivity index (χ0) is 11.4. The zero-order valence-electron chi connectivity index (χ0n) is 8.79. The van der Waals surface area contributed by atoms with Crippen molar-refractivity contribution >= 4 is 21.9 Å². The maximum Gasteiger partial charge on any atom is 0.307 e. The Morgan fingerprint density at radius 2 is 2.27 bits per heavy atom. The fourth-order valence-corrected chi connectivity index (χ4v) is 2.09. The molecule has 4 heteroatoms. The number of esters is 1. The Morgan fingerprint density at radius 3 is 2.80 bits per heavy atom. The number of hydrogen-bond acceptors (Lipinski definition) is 3. The molecule has 0 bridgehead atoms. The van der Waals surface area contributed by atoms with Crippen molar-refractivity contribution in [1.29, 1.82) is 0 Å². The summed E-state index contributed by atoms with van der Waals surface area (Å²) < 4.78 is 5.50. The van der Waals surface area contributed by atoms with Crippen molar-refractivity contribution in [3.8, 4) is 0 Å². The minimum Gasteiger partial charge on any atom is -0.469 e. The molecule has 15 heavy (non-hydrogen) atoms. The van der Waals surface area contributed by atoms with Crippen LogP contribution in [-0.4, -0.2) is 13.1 Å². The molecule has 0 radical (unpaired) electrons. The largest absolute Gasteiger partial charge is 0.469 e. The lowest BCUT2D eigenvalue weighted by atomic mass is 10.0. The Hall–Kier alpha value is -0.870. The van der Waals surface area contributed by atoms with Crippen LogP contribution in [-0.2, 0) is 9.53 Å². The molecule has 0 aliphatic heterocycles. The molecule has 0 fully saturated rings. The summed E-state index contributed by atoms with van der Waals surface area (Å²) in [5.41, 5.74) is 7.96. The average molecular weight is 272 g/mol. The number of halogens is 1. The van der Waals surface area contributed by atoms with Crippen LogP contribution in [0.25, 0.3) is 0 Å². The van der Waals surface area contributed by atoms with E-state index in [-0.39, 0.29) is 18.4 Å². The molecule has 1 rings (SSSR count). The number of ether oxygens (including phenoxy) is 1. The van der Waals surface area contributed by atoms with Crippen LogP contribution in [0.4, 0.5) is 0 Å². The van der Waals surface area contributed by atoms with E-state index in [0.717, 1.165) is 15.6 Å². The highest BCUT2D eigenvalue weighted by Crippen LogP contribution is 2.25. The number of hydrogen-bond donors (Lipinski definition) is 1. The number of methoxy groups -OCH3 is 1. The molecule has 0 aromatic heterocycles. The highest BCUT2D eigenvalue weighted by Gasteiger charge is 2.14. The van der Waals surface area contributed by atoms with Gasteiger partial charge in [0, 0.05) is 10.5 Å². The Labute approximate surface area is 97.7 Å². The molecule has 0 heterocycles. The minimum atomic E-state index is -0.326. The van der Waals surface area contributed by atoms with Crippen molar-refractivity contribution in [2.75, 3.05) is 7.11 Å². The number of rotatable bonds is 3. The van der Waals surface area contributed by atoms with E-state index in [0.29, 0.717) is 0 Å². The lowest BCUT2D eigenvalue weighted by molar-refractivity contribution is -0.141. The van der Waals surface area contributed by atoms with Gasteiger partial charge in [-0.25, -0.2) is 0 Å². The molecule has 3 nitrogen and oxygen atoms in total. The first-order valence-electron chi connectivity index (χ1n) is 4.63. The summed E-state index contributed by atoms with van der Waals surface area (Å²) in [6.07, 6.45) is 0.193. The minimum absolute atomic E-state index is 0.193. The van der Waals surface area contributed by atoms with E-state index in [9.17, 15) is 4.79 Å². The molecule has 1 atom stereocenters. The number of carbonyl (C=O) groups is 1. The molecule has 82 valence electrons. The van der Waals surface area contributed by atoms with Crippen molar-refractivity contribution in [3.05, 3.63) is 33.8 Å². The summed E-state index contributed by atoms with van der Waals surface area (Å²) in [6, 6.07) is 5.55. The molecule has 1 aromatic rings. The van der Waals surface area contributed by atoms with Crippen LogP contribution in [0.5, 0.6) is 0 Å². The van der Waals surface area contributed by atoms with Crippen LogP contribution >= 0.6 is 15.9 Å². The smallest absolute Gasteiger partial charge is 0.307 e. The third-order valence-corrected chi connectivity index (χ3v) is 2.86. The van der Waals surface area contributed by atoms with Gasteiger partial charge in [-0.1, -0.05) is 28.1 Å². The molecule has 1 aromatic carbocycles. The third-order valence-electron chi connectivity index (χ3n) is 2.17. The fraction of sp³-hybridized carbons (Fsp3) is 0.364. The molecule has 2 N–H and O–H groups in total. The van der Waals surface area contributed by atoms with E-state index in [1.807, 2.05) is 25.1 Å². The van der Waals surface area contributed by atoms with Crippen molar-refractivity contribution in [2.45, 2.75) is 19.4 Å². The highest BCUT2D eigenvalue weighted by molar-refractivity contribution is 9.10. The maximum atomic E-state index is 11.1. The van der Waals surface area contributed by atoms with Gasteiger partial charge in [0.1, 0.15) is 0 Å². The second-order valence-electron chi connectivity index (χ2n) is 3.41. The number of benzene rings is 1. The fourth-order valence-electron chi connectivity index (χ4n) is 1.31. The van der Waals surface area contributed by atoms with Gasteiger partial charge in [-0.15, -0.1) is 0 Å². The van der Waals surface area contributed by atoms with E-state index >= 15 is 0 Å². The molecule has 0 saturated carbocycles. The predicted molar refractivity (Wildman–Crippen MR) is 62.4 cm³/mol. The van der Waals surface area contributed by atoms with Gasteiger partial charge in [0.2, 0.25) is 0 Å². The lowest BCUT2D eigenvalue weighted by Crippen LogP contribution is -2.16. The zero-order valence-corrected chi connectivity index (χ0v) is 10.4. The molecule has 0 spiro atoms. The molecule has 0 amide bonds. The Kier molecular flexibility index (Phi) is 4.29. The van der Waals surface area contributed by atoms with Gasteiger partial charge in [-0.05, 0) is 24.1 Å². The molecule has 0 saturated heterocycles. The summed E-state index contributed by atoms with van der Waals surface area (Å²) in [7, 11) is 1.36. The van der Waals surface area contributed by atoms with Gasteiger partial charge in [-0.2, -0.15) is 0 Å². The quantitative estimate of drug-likeness (QED) is 0.859. The van der Waals surface area contributed by atoms with E-state index in [4.69, 9.17) is 5.73 Å². The molecule has 0 aliphatic carbocycles. The molecule has 0 aliphatic rings. The van der Waals surface area contributed by atoms with Gasteiger partial charge >= 0.3 is 5.97 Å². The van der Waals surface area contributed by atoms with Crippen molar-refractivity contribution < 1.29 is 9.53 Å². The summed E-state index contributed by atoms with van der Waals surface area (Å²) >= 11 is 3.43. The van der Waals surface area contributed by atoms with E-state index < -0.39 is 0 Å². The van der Waals surface area contributed by atoms with Crippen LogP contribution in [0.2, 0.25) is 0 Å². The molecule has 0 unspecified atom stereocenters. The van der Waals surface area contributed by atoms with E-state index in [2.05, 4.69) is 20.7 Å². The van der Waals surface area contributed by atoms with Gasteiger partial charge < -0.3 is 10.5 Å². The Morgan fingerprint density at radius 1 is 1.60 bits per heavy atom. The monoisotopic (exact) mass is 271 g/mol. The van der Waals surface area contributed by atoms with Gasteiger partial charge in [0.25, 0.3) is 0 Å². The highest BCUT2D eigenvalue weighted by atomic mass is 79.9. The first-order chi connectivity index (χ1) is 7.04. The lowest BCUT2D eigenvalue weighted by Gasteiger charge is -2.12. The number of nitrogens with two attached hydrogens (primary N) is 1. The van der Waals surface area contributed by atoms with Crippen molar-refractivity contribution in [2.24, 2.45) is 5.73 Å². The molecular weight excluding hydrogens is 258 g/mol. The maximum absolute atomic E-state index is 11.1. The van der Waals surface area contributed by atoms with Gasteiger partial charge in [0.05, 0.1) is 13.5 Å². The van der Waals surface area contributed by atoms with E-state index in [1.54, 1.807) is 0 Å². The first-order valence-corrected chi connectivity index (χ1v) is 5.42. The van der Waals surface area contributed by atoms with Crippen LogP contribution in [0.15, 0.2) is 22.7 Å². The summed E-state index contributed by atoms with van der Waals surface area (Å²) in [4.78, 5) is 11.1.